The zero-order valence-corrected chi connectivity index (χ0v) is 23.1. The number of aliphatic imine (C=N–C) groups is 2. The summed E-state index contributed by atoms with van der Waals surface area (Å²) < 4.78 is 59.2. The summed E-state index contributed by atoms with van der Waals surface area (Å²) in [4.78, 5) is 12.6. The average molecular weight is 545 g/mol. The normalized spacial score (nSPS) is 13.5. The van der Waals surface area contributed by atoms with Crippen LogP contribution in [0.1, 0.15) is 57.6 Å². The predicted octanol–water partition coefficient (Wildman–Crippen LogP) is 8.12. The zero-order valence-electron chi connectivity index (χ0n) is 23.1. The standard InChI is InChI=1S/C30H36F4N4O/c1-6-9-11-15-35-29(38-19-22(8-3)18-37-28(12-10-7-2)30(32,33)34)25-16-23(17-27(39-5)21(25)4)26-14-13-24(31)20-36-26/h8,11-18,20H,6-7,9-10,19H2,1-5H3,(H,35,38)/b15-11+,22-8+,28-12+,37-18+. The van der Waals surface area contributed by atoms with E-state index in [1.165, 1.54) is 12.3 Å². The minimum atomic E-state index is -4.53. The van der Waals surface area contributed by atoms with Crippen molar-refractivity contribution in [1.29, 1.82) is 0 Å². The van der Waals surface area contributed by atoms with Crippen molar-refractivity contribution >= 4 is 12.1 Å². The first-order valence-corrected chi connectivity index (χ1v) is 12.9. The first kappa shape index (κ1) is 31.5. The van der Waals surface area contributed by atoms with E-state index in [0.717, 1.165) is 30.7 Å². The van der Waals surface area contributed by atoms with Gasteiger partial charge in [-0.1, -0.05) is 44.9 Å². The van der Waals surface area contributed by atoms with Crippen LogP contribution < -0.4 is 10.1 Å². The molecule has 0 saturated carbocycles. The summed E-state index contributed by atoms with van der Waals surface area (Å²) in [5, 5.41) is 3.22. The smallest absolute Gasteiger partial charge is 0.433 e. The molecule has 9 heteroatoms. The SMILES string of the molecule is C\C=C(/C=N/C(=C/CCC)C(F)(F)F)CN=C(N/C=C/CCC)c1cc(-c2ccc(F)cn2)cc(OC)c1C. The molecule has 0 spiro atoms. The van der Waals surface area contributed by atoms with E-state index in [2.05, 4.69) is 22.2 Å². The van der Waals surface area contributed by atoms with Gasteiger partial charge in [-0.15, -0.1) is 0 Å². The Morgan fingerprint density at radius 2 is 1.87 bits per heavy atom. The number of rotatable bonds is 12. The van der Waals surface area contributed by atoms with Crippen LogP contribution in [-0.4, -0.2) is 36.9 Å². The van der Waals surface area contributed by atoms with Crippen LogP contribution in [0, 0.1) is 12.7 Å². The van der Waals surface area contributed by atoms with E-state index in [1.54, 1.807) is 32.4 Å². The number of alkyl halides is 3. The Hall–Kier alpha value is -3.75. The van der Waals surface area contributed by atoms with Crippen LogP contribution >= 0.6 is 0 Å². The lowest BCUT2D eigenvalue weighted by atomic mass is 10.00. The van der Waals surface area contributed by atoms with E-state index in [1.807, 2.05) is 32.1 Å². The predicted molar refractivity (Wildman–Crippen MR) is 151 cm³/mol. The van der Waals surface area contributed by atoms with Gasteiger partial charge in [-0.25, -0.2) is 4.39 Å². The Balaban J connectivity index is 2.52. The molecule has 0 fully saturated rings. The Bertz CT molecular complexity index is 1230. The highest BCUT2D eigenvalue weighted by molar-refractivity contribution is 6.02. The van der Waals surface area contributed by atoms with E-state index < -0.39 is 17.7 Å². The fourth-order valence-electron chi connectivity index (χ4n) is 3.49. The third-order valence-electron chi connectivity index (χ3n) is 5.73. The summed E-state index contributed by atoms with van der Waals surface area (Å²) in [5.74, 6) is 0.638. The number of benzene rings is 1. The van der Waals surface area contributed by atoms with Crippen LogP contribution in [0.4, 0.5) is 17.6 Å². The number of allylic oxidation sites excluding steroid dienone is 4. The maximum absolute atomic E-state index is 13.5. The van der Waals surface area contributed by atoms with Crippen molar-refractivity contribution < 1.29 is 22.3 Å². The van der Waals surface area contributed by atoms with Gasteiger partial charge in [0.25, 0.3) is 0 Å². The number of nitrogens with zero attached hydrogens (tertiary/aromatic N) is 3. The molecule has 0 bridgehead atoms. The Morgan fingerprint density at radius 3 is 2.46 bits per heavy atom. The van der Waals surface area contributed by atoms with Crippen molar-refractivity contribution in [3.05, 3.63) is 83.1 Å². The van der Waals surface area contributed by atoms with Gasteiger partial charge in [0, 0.05) is 22.9 Å². The van der Waals surface area contributed by atoms with Gasteiger partial charge < -0.3 is 10.1 Å². The molecule has 1 heterocycles. The number of methoxy groups -OCH3 is 1. The molecule has 0 atom stereocenters. The van der Waals surface area contributed by atoms with E-state index in [0.29, 0.717) is 40.4 Å². The topological polar surface area (TPSA) is 58.9 Å². The van der Waals surface area contributed by atoms with E-state index in [-0.39, 0.29) is 13.0 Å². The second-order valence-electron chi connectivity index (χ2n) is 8.71. The fraction of sp³-hybridized carbons (Fsp3) is 0.367. The monoisotopic (exact) mass is 544 g/mol. The van der Waals surface area contributed by atoms with Crippen molar-refractivity contribution in [2.45, 2.75) is 59.6 Å². The van der Waals surface area contributed by atoms with Crippen LogP contribution in [0.5, 0.6) is 5.75 Å². The van der Waals surface area contributed by atoms with Crippen LogP contribution in [0.3, 0.4) is 0 Å². The number of pyridine rings is 1. The third kappa shape index (κ3) is 9.81. The fourth-order valence-corrected chi connectivity index (χ4v) is 3.49. The summed E-state index contributed by atoms with van der Waals surface area (Å²) in [6, 6.07) is 6.59. The van der Waals surface area contributed by atoms with Crippen LogP contribution in [-0.2, 0) is 0 Å². The highest BCUT2D eigenvalue weighted by Gasteiger charge is 2.33. The second-order valence-corrected chi connectivity index (χ2v) is 8.71. The lowest BCUT2D eigenvalue weighted by molar-refractivity contribution is -0.0925. The molecule has 0 saturated heterocycles. The summed E-state index contributed by atoms with van der Waals surface area (Å²) in [5.41, 5.74) is 2.35. The molecule has 1 N–H and O–H groups in total. The molecule has 0 aliphatic rings. The maximum atomic E-state index is 13.5. The summed E-state index contributed by atoms with van der Waals surface area (Å²) in [6.07, 6.45) is 7.05. The molecule has 0 unspecified atom stereocenters. The van der Waals surface area contributed by atoms with Crippen LogP contribution in [0.2, 0.25) is 0 Å². The van der Waals surface area contributed by atoms with Crippen LogP contribution in [0.15, 0.2) is 76.1 Å². The number of hydrogen-bond donors (Lipinski definition) is 1. The molecule has 210 valence electrons. The largest absolute Gasteiger partial charge is 0.496 e. The quantitative estimate of drug-likeness (QED) is 0.167. The van der Waals surface area contributed by atoms with E-state index in [9.17, 15) is 17.6 Å². The Morgan fingerprint density at radius 1 is 1.13 bits per heavy atom. The average Bonchev–Trinajstić information content (AvgIpc) is 2.91. The van der Waals surface area contributed by atoms with Gasteiger partial charge in [-0.3, -0.25) is 15.0 Å². The van der Waals surface area contributed by atoms with Gasteiger partial charge in [-0.05, 0) is 62.7 Å². The Labute approximate surface area is 228 Å². The molecule has 2 rings (SSSR count). The first-order chi connectivity index (χ1) is 18.6. The van der Waals surface area contributed by atoms with Gasteiger partial charge in [0.05, 0.1) is 25.5 Å². The molecule has 0 amide bonds. The molecular formula is C30H36F4N4O. The number of nitrogens with one attached hydrogen (secondary N) is 1. The first-order valence-electron chi connectivity index (χ1n) is 12.9. The molecular weight excluding hydrogens is 508 g/mol. The molecule has 0 radical (unpaired) electrons. The van der Waals surface area contributed by atoms with Crippen LogP contribution in [0.25, 0.3) is 11.3 Å². The second kappa shape index (κ2) is 15.6. The molecule has 2 aromatic rings. The van der Waals surface area contributed by atoms with Gasteiger partial charge in [0.2, 0.25) is 0 Å². The maximum Gasteiger partial charge on any atom is 0.433 e. The van der Waals surface area contributed by atoms with Gasteiger partial charge in [0.15, 0.2) is 0 Å². The van der Waals surface area contributed by atoms with Crippen molar-refractivity contribution in [3.63, 3.8) is 0 Å². The lowest BCUT2D eigenvalue weighted by Gasteiger charge is -2.16. The molecule has 5 nitrogen and oxygen atoms in total. The molecule has 0 aliphatic heterocycles. The third-order valence-corrected chi connectivity index (χ3v) is 5.73. The van der Waals surface area contributed by atoms with Crippen molar-refractivity contribution in [3.8, 4) is 17.0 Å². The van der Waals surface area contributed by atoms with Crippen molar-refractivity contribution in [1.82, 2.24) is 10.3 Å². The summed E-state index contributed by atoms with van der Waals surface area (Å²) in [7, 11) is 1.55. The molecule has 1 aromatic carbocycles. The van der Waals surface area contributed by atoms with E-state index in [4.69, 9.17) is 9.73 Å². The molecule has 1 aromatic heterocycles. The minimum Gasteiger partial charge on any atom is -0.496 e. The van der Waals surface area contributed by atoms with E-state index >= 15 is 0 Å². The van der Waals surface area contributed by atoms with Gasteiger partial charge >= 0.3 is 6.18 Å². The number of aromatic nitrogens is 1. The highest BCUT2D eigenvalue weighted by Crippen LogP contribution is 2.30. The number of halogens is 4. The molecule has 0 aliphatic carbocycles. The number of unbranched alkanes of at least 4 members (excludes halogenated alkanes) is 2. The number of amidine groups is 1. The Kier molecular flexibility index (Phi) is 12.6. The number of hydrogen-bond acceptors (Lipinski definition) is 4. The van der Waals surface area contributed by atoms with Gasteiger partial charge in [0.1, 0.15) is 23.1 Å². The van der Waals surface area contributed by atoms with Gasteiger partial charge in [-0.2, -0.15) is 13.2 Å². The van der Waals surface area contributed by atoms with Crippen molar-refractivity contribution in [2.24, 2.45) is 9.98 Å². The lowest BCUT2D eigenvalue weighted by Crippen LogP contribution is -2.21. The molecule has 39 heavy (non-hydrogen) atoms. The summed E-state index contributed by atoms with van der Waals surface area (Å²) in [6.45, 7) is 7.57. The minimum absolute atomic E-state index is 0.0870. The zero-order chi connectivity index (χ0) is 28.8. The number of ether oxygens (including phenoxy) is 1. The van der Waals surface area contributed by atoms with Crippen molar-refractivity contribution in [2.75, 3.05) is 13.7 Å². The summed E-state index contributed by atoms with van der Waals surface area (Å²) >= 11 is 0. The highest BCUT2D eigenvalue weighted by atomic mass is 19.4.